The molecule has 2 nitrogen and oxygen atoms in total. The summed E-state index contributed by atoms with van der Waals surface area (Å²) in [5.41, 5.74) is 1.91. The van der Waals surface area contributed by atoms with Gasteiger partial charge in [0.25, 0.3) is 0 Å². The fourth-order valence-corrected chi connectivity index (χ4v) is 1.79. The van der Waals surface area contributed by atoms with Crippen molar-refractivity contribution in [2.45, 2.75) is 20.3 Å². The van der Waals surface area contributed by atoms with E-state index in [1.54, 1.807) is 13.0 Å². The number of fused-ring (bicyclic) bond motifs is 1. The Kier molecular flexibility index (Phi) is 2.77. The molecule has 1 N–H and O–H groups in total. The van der Waals surface area contributed by atoms with Crippen molar-refractivity contribution in [3.05, 3.63) is 35.8 Å². The minimum Gasteiger partial charge on any atom is -0.361 e. The highest BCUT2D eigenvalue weighted by Crippen LogP contribution is 2.22. The summed E-state index contributed by atoms with van der Waals surface area (Å²) >= 11 is 0. The number of aromatic amines is 1. The normalized spacial score (nSPS) is 12.9. The van der Waals surface area contributed by atoms with Gasteiger partial charge in [-0.1, -0.05) is 6.92 Å². The minimum absolute atomic E-state index is 0.0257. The summed E-state index contributed by atoms with van der Waals surface area (Å²) in [5, 5.41) is 0.869. The molecule has 0 saturated heterocycles. The molecule has 0 saturated carbocycles. The number of carbonyl (C=O) groups excluding carboxylic acids is 1. The van der Waals surface area contributed by atoms with Crippen LogP contribution in [0.15, 0.2) is 24.4 Å². The van der Waals surface area contributed by atoms with E-state index in [0.717, 1.165) is 16.5 Å². The molecule has 0 aliphatic carbocycles. The highest BCUT2D eigenvalue weighted by atomic mass is 19.1. The molecule has 0 bridgehead atoms. The van der Waals surface area contributed by atoms with Crippen LogP contribution in [0, 0.1) is 11.7 Å². The van der Waals surface area contributed by atoms with Gasteiger partial charge >= 0.3 is 0 Å². The first-order chi connectivity index (χ1) is 7.58. The van der Waals surface area contributed by atoms with Gasteiger partial charge in [-0.05, 0) is 37.1 Å². The molecule has 1 atom stereocenters. The molecule has 1 aromatic carbocycles. The Hall–Kier alpha value is -1.64. The first-order valence-corrected chi connectivity index (χ1v) is 5.34. The van der Waals surface area contributed by atoms with Gasteiger partial charge in [-0.3, -0.25) is 4.79 Å². The third kappa shape index (κ3) is 1.98. The average molecular weight is 219 g/mol. The largest absolute Gasteiger partial charge is 0.361 e. The van der Waals surface area contributed by atoms with Crippen LogP contribution in [0.1, 0.15) is 19.4 Å². The number of benzene rings is 1. The second kappa shape index (κ2) is 4.08. The summed E-state index contributed by atoms with van der Waals surface area (Å²) in [4.78, 5) is 14.3. The van der Waals surface area contributed by atoms with Gasteiger partial charge < -0.3 is 4.98 Å². The predicted molar refractivity (Wildman–Crippen MR) is 61.8 cm³/mol. The van der Waals surface area contributed by atoms with Crippen molar-refractivity contribution >= 4 is 16.7 Å². The van der Waals surface area contributed by atoms with E-state index in [-0.39, 0.29) is 17.5 Å². The van der Waals surface area contributed by atoms with Crippen LogP contribution in [-0.4, -0.2) is 10.8 Å². The van der Waals surface area contributed by atoms with Crippen molar-refractivity contribution in [2.24, 2.45) is 5.92 Å². The highest BCUT2D eigenvalue weighted by Gasteiger charge is 2.12. The van der Waals surface area contributed by atoms with Crippen LogP contribution in [0.2, 0.25) is 0 Å². The zero-order valence-corrected chi connectivity index (χ0v) is 9.38. The first kappa shape index (κ1) is 10.9. The van der Waals surface area contributed by atoms with Crippen molar-refractivity contribution in [2.75, 3.05) is 0 Å². The highest BCUT2D eigenvalue weighted by molar-refractivity contribution is 5.84. The summed E-state index contributed by atoms with van der Waals surface area (Å²) in [5.74, 6) is -0.114. The van der Waals surface area contributed by atoms with Gasteiger partial charge in [0.1, 0.15) is 11.6 Å². The number of Topliss-reactive ketones (excluding diaryl/α,β-unsaturated/α-hetero) is 1. The van der Waals surface area contributed by atoms with Crippen LogP contribution < -0.4 is 0 Å². The van der Waals surface area contributed by atoms with E-state index in [2.05, 4.69) is 4.98 Å². The molecule has 0 fully saturated rings. The smallest absolute Gasteiger partial charge is 0.132 e. The van der Waals surface area contributed by atoms with Crippen molar-refractivity contribution in [3.8, 4) is 0 Å². The lowest BCUT2D eigenvalue weighted by molar-refractivity contribution is -0.120. The Bertz CT molecular complexity index is 530. The maximum Gasteiger partial charge on any atom is 0.132 e. The van der Waals surface area contributed by atoms with Gasteiger partial charge in [0.15, 0.2) is 0 Å². The SMILES string of the molecule is CC(=O)C(C)Cc1c[nH]c2ccc(F)cc12. The van der Waals surface area contributed by atoms with Crippen molar-refractivity contribution in [3.63, 3.8) is 0 Å². The summed E-state index contributed by atoms with van der Waals surface area (Å²) < 4.78 is 13.1. The molecule has 16 heavy (non-hydrogen) atoms. The summed E-state index contributed by atoms with van der Waals surface area (Å²) in [7, 11) is 0. The molecule has 0 aliphatic rings. The summed E-state index contributed by atoms with van der Waals surface area (Å²) in [6, 6.07) is 4.65. The quantitative estimate of drug-likeness (QED) is 0.845. The minimum atomic E-state index is -0.246. The lowest BCUT2D eigenvalue weighted by Crippen LogP contribution is -2.09. The van der Waals surface area contributed by atoms with Crippen LogP contribution in [0.25, 0.3) is 10.9 Å². The number of H-pyrrole nitrogens is 1. The van der Waals surface area contributed by atoms with Crippen molar-refractivity contribution < 1.29 is 9.18 Å². The number of halogens is 1. The Morgan fingerprint density at radius 2 is 2.25 bits per heavy atom. The van der Waals surface area contributed by atoms with Crippen LogP contribution in [-0.2, 0) is 11.2 Å². The van der Waals surface area contributed by atoms with Crippen LogP contribution in [0.4, 0.5) is 4.39 Å². The second-order valence-electron chi connectivity index (χ2n) is 4.22. The Labute approximate surface area is 93.5 Å². The van der Waals surface area contributed by atoms with E-state index >= 15 is 0 Å². The van der Waals surface area contributed by atoms with Gasteiger partial charge in [-0.25, -0.2) is 4.39 Å². The maximum atomic E-state index is 13.1. The van der Waals surface area contributed by atoms with Gasteiger partial charge in [0.05, 0.1) is 0 Å². The van der Waals surface area contributed by atoms with E-state index < -0.39 is 0 Å². The zero-order chi connectivity index (χ0) is 11.7. The second-order valence-corrected chi connectivity index (χ2v) is 4.22. The summed E-state index contributed by atoms with van der Waals surface area (Å²) in [6.45, 7) is 3.47. The molecular formula is C13H14FNO. The van der Waals surface area contributed by atoms with Gasteiger partial charge in [0, 0.05) is 23.0 Å². The van der Waals surface area contributed by atoms with Gasteiger partial charge in [-0.2, -0.15) is 0 Å². The average Bonchev–Trinajstić information content (AvgIpc) is 2.61. The molecule has 2 aromatic rings. The molecule has 0 amide bonds. The molecule has 1 aromatic heterocycles. The predicted octanol–water partition coefficient (Wildman–Crippen LogP) is 3.07. The Morgan fingerprint density at radius 3 is 2.94 bits per heavy atom. The summed E-state index contributed by atoms with van der Waals surface area (Å²) in [6.07, 6.45) is 2.50. The van der Waals surface area contributed by atoms with Crippen LogP contribution in [0.3, 0.4) is 0 Å². The number of ketones is 1. The van der Waals surface area contributed by atoms with Crippen LogP contribution >= 0.6 is 0 Å². The van der Waals surface area contributed by atoms with E-state index in [1.807, 2.05) is 13.1 Å². The van der Waals surface area contributed by atoms with E-state index in [4.69, 9.17) is 0 Å². The van der Waals surface area contributed by atoms with Crippen molar-refractivity contribution in [1.82, 2.24) is 4.98 Å². The molecular weight excluding hydrogens is 205 g/mol. The van der Waals surface area contributed by atoms with E-state index in [9.17, 15) is 9.18 Å². The lowest BCUT2D eigenvalue weighted by atomic mass is 9.98. The molecule has 0 spiro atoms. The molecule has 0 aliphatic heterocycles. The Morgan fingerprint density at radius 1 is 1.50 bits per heavy atom. The van der Waals surface area contributed by atoms with Gasteiger partial charge in [-0.15, -0.1) is 0 Å². The number of aromatic nitrogens is 1. The third-order valence-electron chi connectivity index (χ3n) is 2.95. The number of hydrogen-bond acceptors (Lipinski definition) is 1. The molecule has 1 heterocycles. The number of nitrogens with one attached hydrogen (secondary N) is 1. The zero-order valence-electron chi connectivity index (χ0n) is 9.38. The number of hydrogen-bond donors (Lipinski definition) is 1. The number of rotatable bonds is 3. The van der Waals surface area contributed by atoms with E-state index in [0.29, 0.717) is 6.42 Å². The molecule has 2 rings (SSSR count). The van der Waals surface area contributed by atoms with Crippen LogP contribution in [0.5, 0.6) is 0 Å². The third-order valence-corrected chi connectivity index (χ3v) is 2.95. The topological polar surface area (TPSA) is 32.9 Å². The van der Waals surface area contributed by atoms with Crippen molar-refractivity contribution in [1.29, 1.82) is 0 Å². The van der Waals surface area contributed by atoms with Gasteiger partial charge in [0.2, 0.25) is 0 Å². The molecule has 3 heteroatoms. The fourth-order valence-electron chi connectivity index (χ4n) is 1.79. The standard InChI is InChI=1S/C13H14FNO/c1-8(9(2)16)5-10-7-15-13-4-3-11(14)6-12(10)13/h3-4,6-8,15H,5H2,1-2H3. The number of carbonyl (C=O) groups is 1. The lowest BCUT2D eigenvalue weighted by Gasteiger charge is -2.05. The molecule has 0 radical (unpaired) electrons. The molecule has 84 valence electrons. The monoisotopic (exact) mass is 219 g/mol. The fraction of sp³-hybridized carbons (Fsp3) is 0.308. The molecule has 1 unspecified atom stereocenters. The van der Waals surface area contributed by atoms with E-state index in [1.165, 1.54) is 12.1 Å². The maximum absolute atomic E-state index is 13.1. The first-order valence-electron chi connectivity index (χ1n) is 5.34. The Balaban J connectivity index is 2.37.